The lowest BCUT2D eigenvalue weighted by Gasteiger charge is -2.05. The van der Waals surface area contributed by atoms with Crippen molar-refractivity contribution in [2.24, 2.45) is 0 Å². The number of ether oxygens (including phenoxy) is 1. The van der Waals surface area contributed by atoms with Crippen molar-refractivity contribution in [1.29, 1.82) is 0 Å². The highest BCUT2D eigenvalue weighted by atomic mass is 16.5. The van der Waals surface area contributed by atoms with Crippen LogP contribution in [0.2, 0.25) is 0 Å². The molecular weight excluding hydrogens is 184 g/mol. The van der Waals surface area contributed by atoms with Crippen molar-refractivity contribution in [1.82, 2.24) is 10.6 Å². The molecule has 0 heterocycles. The largest absolute Gasteiger partial charge is 0.447 e. The molecule has 0 aliphatic rings. The molecule has 0 aliphatic heterocycles. The van der Waals surface area contributed by atoms with Gasteiger partial charge in [-0.15, -0.1) is 0 Å². The summed E-state index contributed by atoms with van der Waals surface area (Å²) in [5.41, 5.74) is 0.417. The second-order valence-electron chi connectivity index (χ2n) is 2.52. The number of hydrogen-bond acceptors (Lipinski definition) is 3. The second-order valence-corrected chi connectivity index (χ2v) is 2.52. The zero-order chi connectivity index (χ0) is 11.0. The monoisotopic (exact) mass is 198 g/mol. The molecule has 0 aromatic heterocycles. The first kappa shape index (κ1) is 12.2. The van der Waals surface area contributed by atoms with Gasteiger partial charge in [-0.1, -0.05) is 13.2 Å². The number of alkyl carbamates (subject to hydrolysis) is 1. The van der Waals surface area contributed by atoms with Crippen LogP contribution in [0, 0.1) is 0 Å². The lowest BCUT2D eigenvalue weighted by molar-refractivity contribution is -0.117. The minimum atomic E-state index is -0.593. The van der Waals surface area contributed by atoms with E-state index in [0.717, 1.165) is 0 Å². The van der Waals surface area contributed by atoms with Gasteiger partial charge in [0.25, 0.3) is 0 Å². The average Bonchev–Trinajstić information content (AvgIpc) is 2.12. The van der Waals surface area contributed by atoms with Crippen LogP contribution in [0.1, 0.15) is 6.92 Å². The highest BCUT2D eigenvalue weighted by Crippen LogP contribution is 1.84. The normalized spacial score (nSPS) is 8.64. The molecule has 0 unspecified atom stereocenters. The van der Waals surface area contributed by atoms with Gasteiger partial charge in [0.05, 0.1) is 6.54 Å². The molecule has 5 heteroatoms. The molecule has 78 valence electrons. The number of nitrogens with one attached hydrogen (secondary N) is 2. The van der Waals surface area contributed by atoms with E-state index in [1.165, 1.54) is 6.20 Å². The summed E-state index contributed by atoms with van der Waals surface area (Å²) in [4.78, 5) is 21.6. The molecule has 0 aromatic carbocycles. The van der Waals surface area contributed by atoms with E-state index in [1.54, 1.807) is 6.92 Å². The minimum Gasteiger partial charge on any atom is -0.447 e. The quantitative estimate of drug-likeness (QED) is 0.500. The third kappa shape index (κ3) is 5.82. The molecule has 2 N–H and O–H groups in total. The van der Waals surface area contributed by atoms with Crippen LogP contribution in [0.15, 0.2) is 24.9 Å². The minimum absolute atomic E-state index is 0.110. The highest BCUT2D eigenvalue weighted by Gasteiger charge is 2.01. The topological polar surface area (TPSA) is 67.4 Å². The first-order valence-corrected chi connectivity index (χ1v) is 4.06. The van der Waals surface area contributed by atoms with Gasteiger partial charge >= 0.3 is 6.09 Å². The molecule has 0 fully saturated rings. The summed E-state index contributed by atoms with van der Waals surface area (Å²) in [6.07, 6.45) is 0.624. The second kappa shape index (κ2) is 6.71. The zero-order valence-electron chi connectivity index (χ0n) is 8.13. The highest BCUT2D eigenvalue weighted by molar-refractivity contribution is 5.92. The van der Waals surface area contributed by atoms with Gasteiger partial charge in [-0.05, 0) is 13.1 Å². The Kier molecular flexibility index (Phi) is 5.85. The van der Waals surface area contributed by atoms with Gasteiger partial charge in [0.1, 0.15) is 6.61 Å². The van der Waals surface area contributed by atoms with Crippen LogP contribution in [0.25, 0.3) is 0 Å². The number of hydrogen-bond donors (Lipinski definition) is 2. The van der Waals surface area contributed by atoms with E-state index >= 15 is 0 Å². The number of carbonyl (C=O) groups is 2. The Labute approximate surface area is 82.8 Å². The summed E-state index contributed by atoms with van der Waals surface area (Å²) in [6, 6.07) is 0. The Hall–Kier alpha value is -1.78. The fourth-order valence-electron chi connectivity index (χ4n) is 0.584. The Morgan fingerprint density at radius 3 is 2.64 bits per heavy atom. The van der Waals surface area contributed by atoms with E-state index in [9.17, 15) is 9.59 Å². The molecule has 0 radical (unpaired) electrons. The van der Waals surface area contributed by atoms with Crippen LogP contribution in [0.3, 0.4) is 0 Å². The standard InChI is InChI=1S/C9H14N2O3/c1-4-10-9(13)14-6-5-11-8(12)7(2)3/h4H,1-2,5-6H2,3H3,(H,10,13)(H,11,12). The Morgan fingerprint density at radius 2 is 2.14 bits per heavy atom. The smallest absolute Gasteiger partial charge is 0.411 e. The molecule has 0 saturated carbocycles. The predicted octanol–water partition coefficient (Wildman–Crippen LogP) is 0.548. The fraction of sp³-hybridized carbons (Fsp3) is 0.333. The van der Waals surface area contributed by atoms with Crippen molar-refractivity contribution < 1.29 is 14.3 Å². The maximum absolute atomic E-state index is 10.9. The van der Waals surface area contributed by atoms with Crippen LogP contribution >= 0.6 is 0 Å². The maximum atomic E-state index is 10.9. The first-order chi connectivity index (χ1) is 6.57. The van der Waals surface area contributed by atoms with E-state index in [1.807, 2.05) is 0 Å². The van der Waals surface area contributed by atoms with Gasteiger partial charge < -0.3 is 10.1 Å². The van der Waals surface area contributed by atoms with Crippen molar-refractivity contribution in [2.75, 3.05) is 13.2 Å². The fourth-order valence-corrected chi connectivity index (χ4v) is 0.584. The number of amides is 2. The van der Waals surface area contributed by atoms with Gasteiger partial charge in [0.15, 0.2) is 0 Å². The predicted molar refractivity (Wildman–Crippen MR) is 52.5 cm³/mol. The molecule has 5 nitrogen and oxygen atoms in total. The Bertz CT molecular complexity index is 248. The summed E-state index contributed by atoms with van der Waals surface area (Å²) in [5, 5.41) is 4.74. The molecule has 0 aliphatic carbocycles. The van der Waals surface area contributed by atoms with Gasteiger partial charge in [-0.3, -0.25) is 10.1 Å². The molecular formula is C9H14N2O3. The summed E-state index contributed by atoms with van der Waals surface area (Å²) >= 11 is 0. The SMILES string of the molecule is C=CNC(=O)OCCNC(=O)C(=C)C. The van der Waals surface area contributed by atoms with E-state index in [0.29, 0.717) is 5.57 Å². The lowest BCUT2D eigenvalue weighted by Crippen LogP contribution is -2.29. The number of carbonyl (C=O) groups excluding carboxylic acids is 2. The zero-order valence-corrected chi connectivity index (χ0v) is 8.13. The van der Waals surface area contributed by atoms with Gasteiger partial charge in [0.2, 0.25) is 5.91 Å². The third-order valence-corrected chi connectivity index (χ3v) is 1.23. The van der Waals surface area contributed by atoms with E-state index < -0.39 is 6.09 Å². The van der Waals surface area contributed by atoms with Crippen LogP contribution < -0.4 is 10.6 Å². The Morgan fingerprint density at radius 1 is 1.50 bits per heavy atom. The van der Waals surface area contributed by atoms with Gasteiger partial charge in [0, 0.05) is 5.57 Å². The average molecular weight is 198 g/mol. The molecule has 0 bridgehead atoms. The Balaban J connectivity index is 3.47. The summed E-state index contributed by atoms with van der Waals surface area (Å²) < 4.78 is 4.65. The molecule has 0 spiro atoms. The molecule has 0 aromatic rings. The van der Waals surface area contributed by atoms with E-state index in [4.69, 9.17) is 0 Å². The first-order valence-electron chi connectivity index (χ1n) is 4.06. The summed E-state index contributed by atoms with van der Waals surface area (Å²) in [5.74, 6) is -0.252. The van der Waals surface area contributed by atoms with Crippen LogP contribution in [0.5, 0.6) is 0 Å². The van der Waals surface area contributed by atoms with Gasteiger partial charge in [-0.2, -0.15) is 0 Å². The molecule has 2 amide bonds. The lowest BCUT2D eigenvalue weighted by atomic mass is 10.3. The molecule has 0 atom stereocenters. The van der Waals surface area contributed by atoms with Crippen molar-refractivity contribution >= 4 is 12.0 Å². The van der Waals surface area contributed by atoms with Crippen LogP contribution in [-0.2, 0) is 9.53 Å². The third-order valence-electron chi connectivity index (χ3n) is 1.23. The van der Waals surface area contributed by atoms with Crippen LogP contribution in [0.4, 0.5) is 4.79 Å². The van der Waals surface area contributed by atoms with E-state index in [-0.39, 0.29) is 19.1 Å². The van der Waals surface area contributed by atoms with Crippen molar-refractivity contribution in [3.63, 3.8) is 0 Å². The maximum Gasteiger partial charge on any atom is 0.411 e. The van der Waals surface area contributed by atoms with Crippen LogP contribution in [-0.4, -0.2) is 25.2 Å². The van der Waals surface area contributed by atoms with Gasteiger partial charge in [-0.25, -0.2) is 4.79 Å². The summed E-state index contributed by atoms with van der Waals surface area (Å²) in [7, 11) is 0. The van der Waals surface area contributed by atoms with Crippen molar-refractivity contribution in [2.45, 2.75) is 6.92 Å². The van der Waals surface area contributed by atoms with E-state index in [2.05, 4.69) is 28.5 Å². The van der Waals surface area contributed by atoms with Crippen molar-refractivity contribution in [3.8, 4) is 0 Å². The number of rotatable bonds is 5. The van der Waals surface area contributed by atoms with Crippen molar-refractivity contribution in [3.05, 3.63) is 24.9 Å². The molecule has 0 saturated heterocycles. The molecule has 14 heavy (non-hydrogen) atoms. The molecule has 0 rings (SSSR count). The summed E-state index contributed by atoms with van der Waals surface area (Å²) in [6.45, 7) is 8.71.